The van der Waals surface area contributed by atoms with Crippen molar-refractivity contribution in [3.05, 3.63) is 239 Å². The van der Waals surface area contributed by atoms with Crippen LogP contribution in [-0.2, 0) is 0 Å². The molecule has 2 heteroatoms. The monoisotopic (exact) mass is 758 g/mol. The summed E-state index contributed by atoms with van der Waals surface area (Å²) >= 11 is 0. The highest BCUT2D eigenvalue weighted by Crippen LogP contribution is 2.58. The van der Waals surface area contributed by atoms with Gasteiger partial charge in [-0.1, -0.05) is 183 Å². The summed E-state index contributed by atoms with van der Waals surface area (Å²) in [5.74, 6) is 0.0813. The fraction of sp³-hybridized carbons (Fsp3) is 0.0877. The summed E-state index contributed by atoms with van der Waals surface area (Å²) in [4.78, 5) is 2.55. The van der Waals surface area contributed by atoms with E-state index in [1.807, 2.05) is 6.08 Å². The van der Waals surface area contributed by atoms with Crippen LogP contribution in [0.4, 0.5) is 11.4 Å². The van der Waals surface area contributed by atoms with Gasteiger partial charge in [-0.15, -0.1) is 0 Å². The van der Waals surface area contributed by atoms with Crippen LogP contribution in [0.3, 0.4) is 0 Å². The average molecular weight is 759 g/mol. The Hall–Kier alpha value is -7.16. The molecule has 0 aromatic heterocycles. The number of fused-ring (bicyclic) bond motifs is 4. The Bertz CT molecular complexity index is 3010. The van der Waals surface area contributed by atoms with Crippen molar-refractivity contribution in [1.29, 1.82) is 0 Å². The molecule has 1 heterocycles. The molecule has 10 rings (SSSR count). The van der Waals surface area contributed by atoms with Crippen LogP contribution in [0.15, 0.2) is 206 Å². The molecule has 3 aliphatic rings. The first-order chi connectivity index (χ1) is 29.1. The van der Waals surface area contributed by atoms with Crippen molar-refractivity contribution in [3.63, 3.8) is 0 Å². The van der Waals surface area contributed by atoms with Crippen molar-refractivity contribution in [2.24, 2.45) is 11.7 Å². The molecular formula is C57H46N2. The lowest BCUT2D eigenvalue weighted by molar-refractivity contribution is 0.963. The zero-order valence-electron chi connectivity index (χ0n) is 33.4. The van der Waals surface area contributed by atoms with E-state index in [1.54, 1.807) is 6.20 Å². The highest BCUT2D eigenvalue weighted by atomic mass is 15.2. The van der Waals surface area contributed by atoms with Gasteiger partial charge in [0, 0.05) is 34.3 Å². The Balaban J connectivity index is 1.29. The number of nitrogens with zero attached hydrogens (tertiary/aromatic N) is 1. The van der Waals surface area contributed by atoms with Gasteiger partial charge >= 0.3 is 0 Å². The van der Waals surface area contributed by atoms with Gasteiger partial charge in [-0.05, 0) is 109 Å². The molecule has 2 N–H and O–H groups in total. The maximum absolute atomic E-state index is 6.63. The summed E-state index contributed by atoms with van der Waals surface area (Å²) in [5, 5.41) is 4.72. The van der Waals surface area contributed by atoms with Gasteiger partial charge in [0.15, 0.2) is 0 Å². The molecule has 2 atom stereocenters. The normalized spacial score (nSPS) is 16.6. The summed E-state index contributed by atoms with van der Waals surface area (Å²) in [7, 11) is 0. The minimum Gasteiger partial charge on any atom is -0.404 e. The SMILES string of the molecule is C=C/C(=C(/c1ccc2c3c(cc/c(=C/N)c13)=C1C2c2cc(-c3ccccc3)cc(-c3ccccc3)c2N1c1ccccc1)C(C)C=CC1=CCCC=C1)c1ccccc1. The van der Waals surface area contributed by atoms with Crippen LogP contribution >= 0.6 is 0 Å². The zero-order valence-corrected chi connectivity index (χ0v) is 33.4. The Kier molecular flexibility index (Phi) is 9.39. The fourth-order valence-electron chi connectivity index (χ4n) is 9.71. The molecule has 1 aliphatic heterocycles. The fourth-order valence-corrected chi connectivity index (χ4v) is 9.71. The molecule has 0 saturated carbocycles. The standard InChI is InChI=1S/C57H46N2/c1-3-46(41-23-13-6-14-24-41)52(38(2)29-30-39-19-9-4-10-20-39)47-33-34-48-54-49(32-31-43(37-58)53(47)54)57-55(48)51-36-44(40-21-11-5-12-22-40)35-50(42-25-15-7-16-26-42)56(51)59(57)45-27-17-8-18-28-45/h3,5-9,11-38,55H,1,4,10,58H2,2H3/b30-29?,43-37-,52-46-. The van der Waals surface area contributed by atoms with Gasteiger partial charge in [-0.25, -0.2) is 0 Å². The van der Waals surface area contributed by atoms with Crippen molar-refractivity contribution in [2.75, 3.05) is 4.90 Å². The second-order valence-electron chi connectivity index (χ2n) is 15.7. The summed E-state index contributed by atoms with van der Waals surface area (Å²) in [6.07, 6.45) is 17.5. The predicted molar refractivity (Wildman–Crippen MR) is 251 cm³/mol. The van der Waals surface area contributed by atoms with Gasteiger partial charge in [0.25, 0.3) is 0 Å². The highest BCUT2D eigenvalue weighted by Gasteiger charge is 2.43. The first-order valence-corrected chi connectivity index (χ1v) is 20.8. The molecule has 0 bridgehead atoms. The van der Waals surface area contributed by atoms with Crippen LogP contribution in [0.25, 0.3) is 56.1 Å². The van der Waals surface area contributed by atoms with Crippen LogP contribution in [-0.4, -0.2) is 0 Å². The van der Waals surface area contributed by atoms with E-state index in [4.69, 9.17) is 5.73 Å². The number of para-hydroxylation sites is 1. The summed E-state index contributed by atoms with van der Waals surface area (Å²) < 4.78 is 0. The van der Waals surface area contributed by atoms with E-state index in [2.05, 4.69) is 207 Å². The van der Waals surface area contributed by atoms with Gasteiger partial charge < -0.3 is 10.6 Å². The third-order valence-electron chi connectivity index (χ3n) is 12.3. The lowest BCUT2D eigenvalue weighted by Crippen LogP contribution is -2.21. The topological polar surface area (TPSA) is 29.3 Å². The molecule has 2 aliphatic carbocycles. The maximum atomic E-state index is 6.63. The number of hydrogen-bond donors (Lipinski definition) is 1. The third-order valence-corrected chi connectivity index (χ3v) is 12.3. The third kappa shape index (κ3) is 6.20. The molecule has 0 spiro atoms. The Morgan fingerprint density at radius 2 is 1.41 bits per heavy atom. The predicted octanol–water partition coefficient (Wildman–Crippen LogP) is 12.8. The zero-order chi connectivity index (χ0) is 39.9. The minimum atomic E-state index is 0.0127. The van der Waals surface area contributed by atoms with E-state index in [9.17, 15) is 0 Å². The molecule has 2 nitrogen and oxygen atoms in total. The number of hydrogen-bond acceptors (Lipinski definition) is 2. The second-order valence-corrected chi connectivity index (χ2v) is 15.7. The lowest BCUT2D eigenvalue weighted by Gasteiger charge is -2.25. The van der Waals surface area contributed by atoms with Crippen LogP contribution in [0.5, 0.6) is 0 Å². The van der Waals surface area contributed by atoms with E-state index in [0.717, 1.165) is 34.9 Å². The number of benzene rings is 7. The molecule has 0 saturated heterocycles. The molecule has 7 aromatic carbocycles. The van der Waals surface area contributed by atoms with Crippen molar-refractivity contribution < 1.29 is 0 Å². The number of nitrogens with two attached hydrogens (primary N) is 1. The smallest absolute Gasteiger partial charge is 0.0580 e. The highest BCUT2D eigenvalue weighted by molar-refractivity contribution is 6.11. The first-order valence-electron chi connectivity index (χ1n) is 20.8. The average Bonchev–Trinajstić information content (AvgIpc) is 3.82. The van der Waals surface area contributed by atoms with E-state index < -0.39 is 0 Å². The van der Waals surface area contributed by atoms with E-state index in [0.29, 0.717) is 0 Å². The van der Waals surface area contributed by atoms with Crippen LogP contribution in [0.2, 0.25) is 0 Å². The summed E-state index contributed by atoms with van der Waals surface area (Å²) in [6, 6.07) is 57.4. The molecule has 7 aromatic rings. The molecule has 0 amide bonds. The van der Waals surface area contributed by atoms with Gasteiger partial charge in [0.05, 0.1) is 11.6 Å². The van der Waals surface area contributed by atoms with E-state index in [1.165, 1.54) is 77.5 Å². The molecule has 284 valence electrons. The number of anilines is 2. The summed E-state index contributed by atoms with van der Waals surface area (Å²) in [6.45, 7) is 6.73. The maximum Gasteiger partial charge on any atom is 0.0580 e. The molecular weight excluding hydrogens is 713 g/mol. The van der Waals surface area contributed by atoms with Crippen LogP contribution in [0, 0.1) is 5.92 Å². The number of allylic oxidation sites excluding steroid dienone is 9. The van der Waals surface area contributed by atoms with Gasteiger partial charge in [0.1, 0.15) is 0 Å². The van der Waals surface area contributed by atoms with Crippen LogP contribution < -0.4 is 21.1 Å². The largest absolute Gasteiger partial charge is 0.404 e. The van der Waals surface area contributed by atoms with Gasteiger partial charge in [-0.2, -0.15) is 0 Å². The lowest BCUT2D eigenvalue weighted by atomic mass is 9.81. The molecule has 59 heavy (non-hydrogen) atoms. The van der Waals surface area contributed by atoms with E-state index >= 15 is 0 Å². The van der Waals surface area contributed by atoms with Gasteiger partial charge in [-0.3, -0.25) is 0 Å². The van der Waals surface area contributed by atoms with E-state index in [-0.39, 0.29) is 11.8 Å². The van der Waals surface area contributed by atoms with Crippen molar-refractivity contribution in [2.45, 2.75) is 25.7 Å². The molecule has 0 radical (unpaired) electrons. The Labute approximate surface area is 347 Å². The van der Waals surface area contributed by atoms with Crippen LogP contribution in [0.1, 0.15) is 47.9 Å². The van der Waals surface area contributed by atoms with Crippen molar-refractivity contribution in [1.82, 2.24) is 0 Å². The Morgan fingerprint density at radius 3 is 2.08 bits per heavy atom. The second kappa shape index (κ2) is 15.3. The van der Waals surface area contributed by atoms with Crippen molar-refractivity contribution >= 4 is 45.2 Å². The van der Waals surface area contributed by atoms with Gasteiger partial charge in [0.2, 0.25) is 0 Å². The van der Waals surface area contributed by atoms with Crippen molar-refractivity contribution in [3.8, 4) is 22.3 Å². The summed E-state index contributed by atoms with van der Waals surface area (Å²) in [5.41, 5.74) is 23.7. The molecule has 2 unspecified atom stereocenters. The number of rotatable bonds is 9. The quantitative estimate of drug-likeness (QED) is 0.117. The Morgan fingerprint density at radius 1 is 0.712 bits per heavy atom. The first kappa shape index (κ1) is 36.2. The minimum absolute atomic E-state index is 0.0127. The molecule has 0 fully saturated rings.